The third-order valence-corrected chi connectivity index (χ3v) is 3.65. The van der Waals surface area contributed by atoms with Gasteiger partial charge >= 0.3 is 17.1 Å². The van der Waals surface area contributed by atoms with Gasteiger partial charge in [0.25, 0.3) is 0 Å². The fourth-order valence-corrected chi connectivity index (χ4v) is 2.39. The summed E-state index contributed by atoms with van der Waals surface area (Å²) in [6.45, 7) is 8.06. The number of carboxylic acids is 1. The van der Waals surface area contributed by atoms with Gasteiger partial charge in [-0.15, -0.1) is 0 Å². The molecule has 0 fully saturated rings. The van der Waals surface area contributed by atoms with Gasteiger partial charge in [-0.1, -0.05) is 35.8 Å². The topological polar surface area (TPSA) is 153 Å². The van der Waals surface area contributed by atoms with E-state index in [1.807, 2.05) is 13.8 Å². The summed E-state index contributed by atoms with van der Waals surface area (Å²) in [5.74, 6) is -0.709. The van der Waals surface area contributed by atoms with Crippen LogP contribution in [0.1, 0.15) is 45.2 Å². The summed E-state index contributed by atoms with van der Waals surface area (Å²) in [4.78, 5) is 17.4. The summed E-state index contributed by atoms with van der Waals surface area (Å²) in [5.41, 5.74) is 1.02. The average Bonchev–Trinajstić information content (AvgIpc) is 2.78. The van der Waals surface area contributed by atoms with Crippen molar-refractivity contribution in [1.82, 2.24) is 0 Å². The number of nitrogens with zero attached hydrogens (tertiary/aromatic N) is 3. The number of hydrogen-bond acceptors (Lipinski definition) is 9. The molecule has 10 heteroatoms. The molecule has 9 nitrogen and oxygen atoms in total. The van der Waals surface area contributed by atoms with Gasteiger partial charge in [-0.2, -0.15) is 5.26 Å². The van der Waals surface area contributed by atoms with Crippen molar-refractivity contribution in [3.8, 4) is 29.1 Å². The number of carboxylic acid groups (broad SMARTS) is 1. The standard InChI is InChI=1S/C21H26N2O4.C2H3N.C2H4O2.Mn/c1-3-26-18-10-5-8-16(20(18)24)14-22-12-7-13-23-15-17-9-6-11-19(21(17)25)27-4-2;1-2-3;1-2(3)4;/h5-6,8-11,14-15,24-25H,3-4,7,12-13H2,1-2H3;1H3;1H3,(H,3,4);/q;;;+3/p-3. The molecule has 0 unspecified atom stereocenters. The van der Waals surface area contributed by atoms with E-state index in [1.54, 1.807) is 54.9 Å². The van der Waals surface area contributed by atoms with Crippen molar-refractivity contribution in [3.05, 3.63) is 47.5 Å². The van der Waals surface area contributed by atoms with E-state index in [0.29, 0.717) is 55.4 Å². The van der Waals surface area contributed by atoms with E-state index >= 15 is 0 Å². The Morgan fingerprint density at radius 1 is 0.943 bits per heavy atom. The fraction of sp³-hybridized carbons (Fsp3) is 0.360. The third-order valence-electron chi connectivity index (χ3n) is 3.65. The van der Waals surface area contributed by atoms with Crippen molar-refractivity contribution in [2.75, 3.05) is 26.3 Å². The first-order chi connectivity index (χ1) is 16.3. The van der Waals surface area contributed by atoms with Crippen LogP contribution in [0.3, 0.4) is 0 Å². The Kier molecular flexibility index (Phi) is 20.2. The van der Waals surface area contributed by atoms with Crippen molar-refractivity contribution >= 4 is 18.4 Å². The van der Waals surface area contributed by atoms with Crippen LogP contribution >= 0.6 is 0 Å². The van der Waals surface area contributed by atoms with Gasteiger partial charge in [-0.05, 0) is 50.5 Å². The number of rotatable bonds is 10. The van der Waals surface area contributed by atoms with Gasteiger partial charge in [0.15, 0.2) is 0 Å². The molecule has 0 saturated carbocycles. The molecule has 0 amide bonds. The number of ether oxygens (including phenoxy) is 2. The largest absolute Gasteiger partial charge is 3.00 e. The Labute approximate surface area is 217 Å². The van der Waals surface area contributed by atoms with Gasteiger partial charge in [0.05, 0.1) is 19.3 Å². The molecule has 0 heterocycles. The molecule has 2 aromatic carbocycles. The van der Waals surface area contributed by atoms with Crippen LogP contribution in [0.2, 0.25) is 0 Å². The molecule has 2 aromatic rings. The predicted octanol–water partition coefficient (Wildman–Crippen LogP) is 1.84. The number of aliphatic imine (C=N–C) groups is 2. The van der Waals surface area contributed by atoms with Crippen LogP contribution in [0.25, 0.3) is 0 Å². The second kappa shape index (κ2) is 21.0. The normalized spacial score (nSPS) is 9.69. The second-order valence-electron chi connectivity index (χ2n) is 6.35. The van der Waals surface area contributed by atoms with Gasteiger partial charge in [0.1, 0.15) is 11.5 Å². The Morgan fingerprint density at radius 2 is 1.29 bits per heavy atom. The zero-order chi connectivity index (χ0) is 25.8. The number of nitriles is 1. The second-order valence-corrected chi connectivity index (χ2v) is 6.35. The Bertz CT molecular complexity index is 905. The first-order valence-electron chi connectivity index (χ1n) is 10.7. The van der Waals surface area contributed by atoms with E-state index in [0.717, 1.165) is 6.92 Å². The number of hydrogen-bond donors (Lipinski definition) is 0. The van der Waals surface area contributed by atoms with Crippen molar-refractivity contribution in [2.45, 2.75) is 34.1 Å². The van der Waals surface area contributed by atoms with E-state index in [2.05, 4.69) is 9.98 Å². The number of benzene rings is 2. The summed E-state index contributed by atoms with van der Waals surface area (Å²) in [7, 11) is 0. The van der Waals surface area contributed by atoms with Crippen LogP contribution in [0, 0.1) is 11.3 Å². The fourth-order valence-electron chi connectivity index (χ4n) is 2.39. The summed E-state index contributed by atoms with van der Waals surface area (Å²) >= 11 is 0. The smallest absolute Gasteiger partial charge is 0.870 e. The van der Waals surface area contributed by atoms with Gasteiger partial charge in [0, 0.05) is 38.4 Å². The van der Waals surface area contributed by atoms with Gasteiger partial charge in [0.2, 0.25) is 0 Å². The van der Waals surface area contributed by atoms with Crippen molar-refractivity contribution in [1.29, 1.82) is 5.26 Å². The van der Waals surface area contributed by atoms with Gasteiger partial charge < -0.3 is 29.6 Å². The SMILES string of the molecule is CC#N.CC(=O)[O-].CCOc1cccc(C=NCCCN=Cc2cccc(OCC)c2[O-])c1[O-].[Mn+3]. The average molecular weight is 523 g/mol. The molecule has 35 heavy (non-hydrogen) atoms. The number of para-hydroxylation sites is 2. The Morgan fingerprint density at radius 3 is 1.60 bits per heavy atom. The maximum absolute atomic E-state index is 12.1. The van der Waals surface area contributed by atoms with Crippen molar-refractivity contribution in [3.63, 3.8) is 0 Å². The van der Waals surface area contributed by atoms with Crippen molar-refractivity contribution in [2.24, 2.45) is 9.98 Å². The molecule has 0 atom stereocenters. The van der Waals surface area contributed by atoms with E-state index in [-0.39, 0.29) is 28.6 Å². The predicted molar refractivity (Wildman–Crippen MR) is 126 cm³/mol. The zero-order valence-electron chi connectivity index (χ0n) is 20.3. The van der Waals surface area contributed by atoms with Crippen LogP contribution < -0.4 is 24.8 Å². The minimum Gasteiger partial charge on any atom is -0.870 e. The maximum atomic E-state index is 12.1. The molecule has 2 rings (SSSR count). The first kappa shape index (κ1) is 33.6. The van der Waals surface area contributed by atoms with Gasteiger partial charge in [-0.25, -0.2) is 0 Å². The number of carbonyl (C=O) groups is 1. The molecule has 0 aromatic heterocycles. The van der Waals surface area contributed by atoms with E-state index in [4.69, 9.17) is 24.6 Å². The monoisotopic (exact) mass is 523 g/mol. The summed E-state index contributed by atoms with van der Waals surface area (Å²) in [6, 6.07) is 12.0. The summed E-state index contributed by atoms with van der Waals surface area (Å²) in [5, 5.41) is 40.4. The summed E-state index contributed by atoms with van der Waals surface area (Å²) < 4.78 is 10.6. The molecule has 0 aliphatic carbocycles. The van der Waals surface area contributed by atoms with E-state index in [9.17, 15) is 10.2 Å². The van der Waals surface area contributed by atoms with E-state index in [1.165, 1.54) is 6.92 Å². The van der Waals surface area contributed by atoms with Crippen molar-refractivity contribution < 1.29 is 46.7 Å². The number of aliphatic carboxylic acids is 1. The molecule has 0 aliphatic heterocycles. The molecule has 0 N–H and O–H groups in total. The molecule has 0 bridgehead atoms. The molecule has 0 aliphatic rings. The minimum atomic E-state index is -1.08. The minimum absolute atomic E-state index is 0. The molecular weight excluding hydrogens is 493 g/mol. The molecule has 0 saturated heterocycles. The molecule has 0 radical (unpaired) electrons. The van der Waals surface area contributed by atoms with Crippen LogP contribution in [-0.4, -0.2) is 44.7 Å². The third kappa shape index (κ3) is 15.1. The van der Waals surface area contributed by atoms with E-state index < -0.39 is 5.97 Å². The summed E-state index contributed by atoms with van der Waals surface area (Å²) in [6.07, 6.45) is 3.84. The van der Waals surface area contributed by atoms with Crippen LogP contribution in [0.15, 0.2) is 46.4 Å². The Hall–Kier alpha value is -3.54. The Balaban J connectivity index is 0. The maximum Gasteiger partial charge on any atom is 3.00 e. The first-order valence-corrected chi connectivity index (χ1v) is 10.7. The molecule has 188 valence electrons. The van der Waals surface area contributed by atoms with Crippen LogP contribution in [-0.2, 0) is 21.9 Å². The van der Waals surface area contributed by atoms with Crippen LogP contribution in [0.5, 0.6) is 23.0 Å². The quantitative estimate of drug-likeness (QED) is 0.262. The van der Waals surface area contributed by atoms with Gasteiger partial charge in [-0.3, -0.25) is 9.98 Å². The van der Waals surface area contributed by atoms with Crippen LogP contribution in [0.4, 0.5) is 0 Å². The zero-order valence-corrected chi connectivity index (χ0v) is 21.5. The molecular formula is C25H30MnN3O6. The number of carbonyl (C=O) groups excluding carboxylic acids is 1. The molecule has 0 spiro atoms.